The van der Waals surface area contributed by atoms with E-state index in [2.05, 4.69) is 6.92 Å². The molecule has 0 spiro atoms. The topological polar surface area (TPSA) is 104 Å². The van der Waals surface area contributed by atoms with Crippen LogP contribution in [0.1, 0.15) is 46.0 Å². The number of esters is 1. The molecule has 0 unspecified atom stereocenters. The van der Waals surface area contributed by atoms with Gasteiger partial charge in [-0.3, -0.25) is 4.79 Å². The third-order valence-electron chi connectivity index (χ3n) is 7.06. The number of ketones is 1. The molecule has 1 saturated heterocycles. The molecular formula is C19H28O6. The number of aliphatic hydroxyl groups is 3. The highest BCUT2D eigenvalue weighted by Crippen LogP contribution is 2.59. The first-order valence-electron chi connectivity index (χ1n) is 9.11. The van der Waals surface area contributed by atoms with E-state index in [1.807, 2.05) is 6.92 Å². The molecule has 0 aromatic rings. The molecule has 0 aromatic heterocycles. The molecule has 1 heterocycles. The first-order valence-corrected chi connectivity index (χ1v) is 9.11. The first-order chi connectivity index (χ1) is 11.7. The molecule has 0 aromatic carbocycles. The third-order valence-corrected chi connectivity index (χ3v) is 7.06. The Hall–Kier alpha value is -1.24. The van der Waals surface area contributed by atoms with Crippen molar-refractivity contribution >= 4 is 11.8 Å². The summed E-state index contributed by atoms with van der Waals surface area (Å²) in [6, 6.07) is 0. The fraction of sp³-hybridized carbons (Fsp3) is 0.789. The van der Waals surface area contributed by atoms with Gasteiger partial charge in [-0.05, 0) is 37.0 Å². The standard InChI is InChI=1S/C19H28O6/c1-18-8-7-16(23)19(2,10-20)15(18)6-5-13(21)12(18)4-3-11-14(22)9-25-17(11)24/h3,12,14-16,20,22-23H,4-10H2,1-2H3/t12-,14-,15+,16-,18+,19+/m1/s1. The Kier molecular flexibility index (Phi) is 4.81. The van der Waals surface area contributed by atoms with Crippen LogP contribution >= 0.6 is 0 Å². The quantitative estimate of drug-likeness (QED) is 0.517. The van der Waals surface area contributed by atoms with E-state index in [-0.39, 0.29) is 41.8 Å². The van der Waals surface area contributed by atoms with E-state index in [0.29, 0.717) is 32.1 Å². The molecule has 3 N–H and O–H groups in total. The van der Waals surface area contributed by atoms with Crippen LogP contribution in [0.3, 0.4) is 0 Å². The number of hydrogen-bond donors (Lipinski definition) is 3. The molecule has 3 rings (SSSR count). The lowest BCUT2D eigenvalue weighted by atomic mass is 9.46. The molecule has 0 radical (unpaired) electrons. The zero-order valence-electron chi connectivity index (χ0n) is 14.9. The number of allylic oxidation sites excluding steroid dienone is 1. The monoisotopic (exact) mass is 352 g/mol. The number of carbonyl (C=O) groups excluding carboxylic acids is 2. The second-order valence-corrected chi connectivity index (χ2v) is 8.34. The highest BCUT2D eigenvalue weighted by atomic mass is 16.6. The van der Waals surface area contributed by atoms with Crippen LogP contribution in [-0.4, -0.2) is 52.5 Å². The zero-order chi connectivity index (χ0) is 18.4. The van der Waals surface area contributed by atoms with Crippen LogP contribution in [0.15, 0.2) is 11.6 Å². The number of ether oxygens (including phenoxy) is 1. The van der Waals surface area contributed by atoms with E-state index in [9.17, 15) is 24.9 Å². The minimum Gasteiger partial charge on any atom is -0.459 e. The van der Waals surface area contributed by atoms with Crippen LogP contribution in [0.2, 0.25) is 0 Å². The number of Topliss-reactive ketones (excluding diaryl/α,β-unsaturated/α-hetero) is 1. The van der Waals surface area contributed by atoms with Crippen LogP contribution in [0.5, 0.6) is 0 Å². The van der Waals surface area contributed by atoms with Crippen LogP contribution in [-0.2, 0) is 14.3 Å². The van der Waals surface area contributed by atoms with Gasteiger partial charge < -0.3 is 20.1 Å². The minimum absolute atomic E-state index is 0.0298. The highest BCUT2D eigenvalue weighted by molar-refractivity contribution is 5.92. The molecule has 2 saturated carbocycles. The summed E-state index contributed by atoms with van der Waals surface area (Å²) in [5, 5.41) is 30.2. The molecule has 3 fully saturated rings. The number of carbonyl (C=O) groups is 2. The molecule has 6 atom stereocenters. The Labute approximate surface area is 147 Å². The number of hydrogen-bond acceptors (Lipinski definition) is 6. The van der Waals surface area contributed by atoms with Crippen molar-refractivity contribution in [2.45, 2.75) is 58.2 Å². The molecule has 0 bridgehead atoms. The molecule has 1 aliphatic heterocycles. The van der Waals surface area contributed by atoms with Crippen molar-refractivity contribution in [1.29, 1.82) is 0 Å². The van der Waals surface area contributed by atoms with Crippen molar-refractivity contribution < 1.29 is 29.6 Å². The number of cyclic esters (lactones) is 1. The van der Waals surface area contributed by atoms with Crippen LogP contribution in [0.4, 0.5) is 0 Å². The average Bonchev–Trinajstić information content (AvgIpc) is 2.89. The maximum Gasteiger partial charge on any atom is 0.336 e. The SMILES string of the molecule is C[C@]1(CO)[C@H]2CCC(=O)[C@@H](CC=C3C(=O)OC[C@H]3O)[C@]2(C)CC[C@H]1O. The van der Waals surface area contributed by atoms with Gasteiger partial charge in [-0.2, -0.15) is 0 Å². The van der Waals surface area contributed by atoms with Gasteiger partial charge in [0.05, 0.1) is 18.3 Å². The summed E-state index contributed by atoms with van der Waals surface area (Å²) in [7, 11) is 0. The average molecular weight is 352 g/mol. The summed E-state index contributed by atoms with van der Waals surface area (Å²) in [6.45, 7) is 3.84. The molecule has 140 valence electrons. The van der Waals surface area contributed by atoms with Gasteiger partial charge in [0.15, 0.2) is 0 Å². The van der Waals surface area contributed by atoms with Gasteiger partial charge in [-0.25, -0.2) is 4.79 Å². The van der Waals surface area contributed by atoms with Crippen LogP contribution in [0.25, 0.3) is 0 Å². The maximum atomic E-state index is 12.7. The summed E-state index contributed by atoms with van der Waals surface area (Å²) < 4.78 is 4.83. The first kappa shape index (κ1) is 18.5. The fourth-order valence-corrected chi connectivity index (χ4v) is 5.39. The molecular weight excluding hydrogens is 324 g/mol. The Balaban J connectivity index is 1.89. The fourth-order valence-electron chi connectivity index (χ4n) is 5.39. The minimum atomic E-state index is -0.925. The van der Waals surface area contributed by atoms with E-state index in [1.54, 1.807) is 6.08 Å². The summed E-state index contributed by atoms with van der Waals surface area (Å²) >= 11 is 0. The normalized spacial score (nSPS) is 46.2. The predicted octanol–water partition coefficient (Wildman–Crippen LogP) is 0.975. The molecule has 2 aliphatic carbocycles. The summed E-state index contributed by atoms with van der Waals surface area (Å²) in [4.78, 5) is 24.4. The van der Waals surface area contributed by atoms with Crippen LogP contribution < -0.4 is 0 Å². The molecule has 0 amide bonds. The van der Waals surface area contributed by atoms with Crippen molar-refractivity contribution in [2.24, 2.45) is 22.7 Å². The number of rotatable bonds is 3. The van der Waals surface area contributed by atoms with Gasteiger partial charge in [0, 0.05) is 17.8 Å². The lowest BCUT2D eigenvalue weighted by Crippen LogP contribution is -2.58. The number of aliphatic hydroxyl groups excluding tert-OH is 3. The Morgan fingerprint density at radius 2 is 1.96 bits per heavy atom. The van der Waals surface area contributed by atoms with Crippen molar-refractivity contribution in [3.8, 4) is 0 Å². The number of fused-ring (bicyclic) bond motifs is 1. The summed E-state index contributed by atoms with van der Waals surface area (Å²) in [6.07, 6.45) is 2.88. The van der Waals surface area contributed by atoms with E-state index in [1.165, 1.54) is 0 Å². The van der Waals surface area contributed by atoms with E-state index < -0.39 is 23.6 Å². The maximum absolute atomic E-state index is 12.7. The Morgan fingerprint density at radius 3 is 2.56 bits per heavy atom. The van der Waals surface area contributed by atoms with Gasteiger partial charge in [0.1, 0.15) is 18.5 Å². The summed E-state index contributed by atoms with van der Waals surface area (Å²) in [5.74, 6) is -0.599. The zero-order valence-corrected chi connectivity index (χ0v) is 14.9. The molecule has 6 heteroatoms. The third kappa shape index (κ3) is 2.84. The van der Waals surface area contributed by atoms with E-state index in [4.69, 9.17) is 4.74 Å². The second-order valence-electron chi connectivity index (χ2n) is 8.34. The van der Waals surface area contributed by atoms with Crippen molar-refractivity contribution in [1.82, 2.24) is 0 Å². The van der Waals surface area contributed by atoms with Crippen molar-refractivity contribution in [3.63, 3.8) is 0 Å². The lowest BCUT2D eigenvalue weighted by Gasteiger charge is -2.58. The Morgan fingerprint density at radius 1 is 1.24 bits per heavy atom. The lowest BCUT2D eigenvalue weighted by molar-refractivity contribution is -0.170. The van der Waals surface area contributed by atoms with Crippen molar-refractivity contribution in [3.05, 3.63) is 11.6 Å². The van der Waals surface area contributed by atoms with E-state index in [0.717, 1.165) is 0 Å². The summed E-state index contributed by atoms with van der Waals surface area (Å²) in [5.41, 5.74) is -0.721. The van der Waals surface area contributed by atoms with Gasteiger partial charge in [-0.15, -0.1) is 0 Å². The van der Waals surface area contributed by atoms with Gasteiger partial charge in [-0.1, -0.05) is 19.9 Å². The van der Waals surface area contributed by atoms with Gasteiger partial charge in [0.2, 0.25) is 0 Å². The largest absolute Gasteiger partial charge is 0.459 e. The molecule has 6 nitrogen and oxygen atoms in total. The van der Waals surface area contributed by atoms with Gasteiger partial charge in [0.25, 0.3) is 0 Å². The van der Waals surface area contributed by atoms with Crippen molar-refractivity contribution in [2.75, 3.05) is 13.2 Å². The van der Waals surface area contributed by atoms with Crippen LogP contribution in [0, 0.1) is 22.7 Å². The highest BCUT2D eigenvalue weighted by Gasteiger charge is 2.58. The smallest absolute Gasteiger partial charge is 0.336 e. The van der Waals surface area contributed by atoms with E-state index >= 15 is 0 Å². The Bertz CT molecular complexity index is 599. The molecule has 3 aliphatic rings. The second kappa shape index (κ2) is 6.49. The predicted molar refractivity (Wildman–Crippen MR) is 89.4 cm³/mol. The van der Waals surface area contributed by atoms with Gasteiger partial charge >= 0.3 is 5.97 Å². The molecule has 25 heavy (non-hydrogen) atoms.